The Morgan fingerprint density at radius 1 is 0.935 bits per heavy atom. The Morgan fingerprint density at radius 2 is 1.71 bits per heavy atom. The third-order valence-electron chi connectivity index (χ3n) is 6.70. The van der Waals surface area contributed by atoms with Crippen LogP contribution in [-0.4, -0.2) is 41.7 Å². The van der Waals surface area contributed by atoms with Gasteiger partial charge in [0.15, 0.2) is 0 Å². The maximum Gasteiger partial charge on any atom is 0.335 e. The van der Waals surface area contributed by atoms with Gasteiger partial charge in [0.1, 0.15) is 0 Å². The first-order valence-electron chi connectivity index (χ1n) is 11.1. The average molecular weight is 413 g/mol. The molecule has 158 valence electrons. The molecule has 2 aliphatic heterocycles. The van der Waals surface area contributed by atoms with Crippen LogP contribution in [0.15, 0.2) is 72.8 Å². The molecular formula is C27H28N2O2. The Labute approximate surface area is 183 Å². The molecule has 1 fully saturated rings. The van der Waals surface area contributed by atoms with Gasteiger partial charge >= 0.3 is 5.97 Å². The number of rotatable bonds is 5. The summed E-state index contributed by atoms with van der Waals surface area (Å²) >= 11 is 0. The molecule has 0 amide bonds. The second-order valence-electron chi connectivity index (χ2n) is 8.70. The lowest BCUT2D eigenvalue weighted by atomic mass is 9.92. The van der Waals surface area contributed by atoms with Crippen molar-refractivity contribution in [2.45, 2.75) is 31.8 Å². The lowest BCUT2D eigenvalue weighted by molar-refractivity contribution is 0.0696. The van der Waals surface area contributed by atoms with Crippen LogP contribution in [0.1, 0.15) is 39.0 Å². The molecule has 4 nitrogen and oxygen atoms in total. The SMILES string of the molecule is O=C(O)c1ccc2c(c1)CC[C@@H]1CN(Cc3ccccc3Cc3ccccc3)CCN21. The second kappa shape index (κ2) is 8.56. The molecule has 1 atom stereocenters. The number of hydrogen-bond acceptors (Lipinski definition) is 3. The molecule has 0 saturated carbocycles. The number of hydrogen-bond donors (Lipinski definition) is 1. The van der Waals surface area contributed by atoms with Gasteiger partial charge < -0.3 is 10.0 Å². The van der Waals surface area contributed by atoms with E-state index < -0.39 is 5.97 Å². The number of carboxylic acids is 1. The first-order valence-corrected chi connectivity index (χ1v) is 11.1. The number of carboxylic acid groups (broad SMARTS) is 1. The number of aryl methyl sites for hydroxylation is 1. The Morgan fingerprint density at radius 3 is 2.52 bits per heavy atom. The van der Waals surface area contributed by atoms with Crippen molar-refractivity contribution in [2.75, 3.05) is 24.5 Å². The maximum atomic E-state index is 11.3. The zero-order chi connectivity index (χ0) is 21.2. The average Bonchev–Trinajstić information content (AvgIpc) is 2.80. The van der Waals surface area contributed by atoms with E-state index in [0.29, 0.717) is 11.6 Å². The van der Waals surface area contributed by atoms with Crippen LogP contribution >= 0.6 is 0 Å². The standard InChI is InChI=1S/C27H28N2O2/c30-27(31)23-11-13-26-22(17-23)10-12-25-19-28(14-15-29(25)26)18-24-9-5-4-8-21(24)16-20-6-2-1-3-7-20/h1-9,11,13,17,25H,10,12,14-16,18-19H2,(H,30,31)/t25-/m1/s1. The Kier molecular flexibility index (Phi) is 5.47. The number of anilines is 1. The zero-order valence-electron chi connectivity index (χ0n) is 17.7. The minimum Gasteiger partial charge on any atom is -0.478 e. The summed E-state index contributed by atoms with van der Waals surface area (Å²) in [4.78, 5) is 16.4. The number of nitrogens with zero attached hydrogens (tertiary/aromatic N) is 2. The number of fused-ring (bicyclic) bond motifs is 3. The highest BCUT2D eigenvalue weighted by Crippen LogP contribution is 2.34. The molecule has 2 heterocycles. The van der Waals surface area contributed by atoms with Crippen LogP contribution in [0.2, 0.25) is 0 Å². The molecule has 0 unspecified atom stereocenters. The summed E-state index contributed by atoms with van der Waals surface area (Å²) < 4.78 is 0. The highest BCUT2D eigenvalue weighted by Gasteiger charge is 2.32. The largest absolute Gasteiger partial charge is 0.478 e. The van der Waals surface area contributed by atoms with Gasteiger partial charge in [-0.3, -0.25) is 4.90 Å². The number of piperazine rings is 1. The summed E-state index contributed by atoms with van der Waals surface area (Å²) in [5.74, 6) is -0.844. The molecule has 0 aromatic heterocycles. The predicted molar refractivity (Wildman–Crippen MR) is 124 cm³/mol. The fourth-order valence-electron chi connectivity index (χ4n) is 5.09. The topological polar surface area (TPSA) is 43.8 Å². The third kappa shape index (κ3) is 4.21. The monoisotopic (exact) mass is 412 g/mol. The Balaban J connectivity index is 1.29. The summed E-state index contributed by atoms with van der Waals surface area (Å²) in [6.07, 6.45) is 3.01. The number of benzene rings is 3. The van der Waals surface area contributed by atoms with Gasteiger partial charge in [-0.15, -0.1) is 0 Å². The van der Waals surface area contributed by atoms with Crippen molar-refractivity contribution in [3.63, 3.8) is 0 Å². The van der Waals surface area contributed by atoms with Crippen LogP contribution in [0.25, 0.3) is 0 Å². The molecule has 4 heteroatoms. The molecule has 31 heavy (non-hydrogen) atoms. The number of carbonyl (C=O) groups is 1. The molecule has 0 radical (unpaired) electrons. The molecule has 0 aliphatic carbocycles. The smallest absolute Gasteiger partial charge is 0.335 e. The third-order valence-corrected chi connectivity index (χ3v) is 6.70. The lowest BCUT2D eigenvalue weighted by Gasteiger charge is -2.46. The van der Waals surface area contributed by atoms with Crippen LogP contribution in [0, 0.1) is 0 Å². The summed E-state index contributed by atoms with van der Waals surface area (Å²) in [5, 5.41) is 9.29. The summed E-state index contributed by atoms with van der Waals surface area (Å²) in [6, 6.07) is 25.6. The summed E-state index contributed by atoms with van der Waals surface area (Å²) in [5.41, 5.74) is 6.98. The van der Waals surface area contributed by atoms with Gasteiger partial charge in [0.25, 0.3) is 0 Å². The molecule has 1 N–H and O–H groups in total. The van der Waals surface area contributed by atoms with Crippen molar-refractivity contribution in [1.29, 1.82) is 0 Å². The van der Waals surface area contributed by atoms with Crippen LogP contribution in [0.3, 0.4) is 0 Å². The highest BCUT2D eigenvalue weighted by atomic mass is 16.4. The van der Waals surface area contributed by atoms with Gasteiger partial charge in [-0.2, -0.15) is 0 Å². The van der Waals surface area contributed by atoms with E-state index >= 15 is 0 Å². The van der Waals surface area contributed by atoms with Gasteiger partial charge in [-0.05, 0) is 59.7 Å². The normalized spacial score (nSPS) is 18.3. The van der Waals surface area contributed by atoms with Gasteiger partial charge in [0.05, 0.1) is 5.56 Å². The molecule has 1 saturated heterocycles. The first kappa shape index (κ1) is 19.8. The number of aromatic carboxylic acids is 1. The van der Waals surface area contributed by atoms with E-state index in [1.54, 1.807) is 6.07 Å². The van der Waals surface area contributed by atoms with Crippen molar-refractivity contribution in [2.24, 2.45) is 0 Å². The summed E-state index contributed by atoms with van der Waals surface area (Å²) in [7, 11) is 0. The van der Waals surface area contributed by atoms with Crippen molar-refractivity contribution >= 4 is 11.7 Å². The van der Waals surface area contributed by atoms with E-state index in [9.17, 15) is 9.90 Å². The van der Waals surface area contributed by atoms with Crippen molar-refractivity contribution in [1.82, 2.24) is 4.90 Å². The minimum atomic E-state index is -0.844. The van der Waals surface area contributed by atoms with Gasteiger partial charge in [-0.25, -0.2) is 4.79 Å². The van der Waals surface area contributed by atoms with E-state index in [1.165, 1.54) is 27.9 Å². The van der Waals surface area contributed by atoms with Crippen LogP contribution in [0.5, 0.6) is 0 Å². The van der Waals surface area contributed by atoms with E-state index in [0.717, 1.165) is 45.4 Å². The quantitative estimate of drug-likeness (QED) is 0.665. The van der Waals surface area contributed by atoms with Crippen molar-refractivity contribution in [3.05, 3.63) is 101 Å². The van der Waals surface area contributed by atoms with E-state index in [1.807, 2.05) is 12.1 Å². The zero-order valence-corrected chi connectivity index (χ0v) is 17.7. The fourth-order valence-corrected chi connectivity index (χ4v) is 5.09. The van der Waals surface area contributed by atoms with Crippen molar-refractivity contribution < 1.29 is 9.90 Å². The molecule has 5 rings (SSSR count). The van der Waals surface area contributed by atoms with Gasteiger partial charge in [0, 0.05) is 37.9 Å². The van der Waals surface area contributed by atoms with Gasteiger partial charge in [0.2, 0.25) is 0 Å². The van der Waals surface area contributed by atoms with Crippen LogP contribution < -0.4 is 4.90 Å². The van der Waals surface area contributed by atoms with Crippen LogP contribution in [-0.2, 0) is 19.4 Å². The van der Waals surface area contributed by atoms with E-state index in [2.05, 4.69) is 64.4 Å². The lowest BCUT2D eigenvalue weighted by Crippen LogP contribution is -2.54. The molecule has 0 spiro atoms. The predicted octanol–water partition coefficient (Wildman–Crippen LogP) is 4.61. The van der Waals surface area contributed by atoms with E-state index in [-0.39, 0.29) is 0 Å². The fraction of sp³-hybridized carbons (Fsp3) is 0.296. The summed E-state index contributed by atoms with van der Waals surface area (Å²) in [6.45, 7) is 4.05. The van der Waals surface area contributed by atoms with Crippen molar-refractivity contribution in [3.8, 4) is 0 Å². The first-order chi connectivity index (χ1) is 15.2. The second-order valence-corrected chi connectivity index (χ2v) is 8.70. The Hall–Kier alpha value is -3.11. The Bertz CT molecular complexity index is 1080. The molecule has 2 aliphatic rings. The van der Waals surface area contributed by atoms with Crippen LogP contribution in [0.4, 0.5) is 5.69 Å². The minimum absolute atomic E-state index is 0.394. The molecule has 3 aromatic carbocycles. The van der Waals surface area contributed by atoms with E-state index in [4.69, 9.17) is 0 Å². The van der Waals surface area contributed by atoms with Gasteiger partial charge in [-0.1, -0.05) is 54.6 Å². The maximum absolute atomic E-state index is 11.3. The molecule has 0 bridgehead atoms. The molecular weight excluding hydrogens is 384 g/mol. The highest BCUT2D eigenvalue weighted by molar-refractivity contribution is 5.88. The molecule has 3 aromatic rings.